The molecule has 0 saturated carbocycles. The van der Waals surface area contributed by atoms with Crippen LogP contribution in [0, 0.1) is 0 Å². The van der Waals surface area contributed by atoms with Crippen molar-refractivity contribution in [3.63, 3.8) is 0 Å². The van der Waals surface area contributed by atoms with Gasteiger partial charge in [0.25, 0.3) is 0 Å². The van der Waals surface area contributed by atoms with Gasteiger partial charge in [0.15, 0.2) is 0 Å². The molecule has 0 aliphatic carbocycles. The second kappa shape index (κ2) is 6.94. The van der Waals surface area contributed by atoms with Gasteiger partial charge in [-0.05, 0) is 27.8 Å². The van der Waals surface area contributed by atoms with Gasteiger partial charge in [-0.2, -0.15) is 13.2 Å². The van der Waals surface area contributed by atoms with E-state index in [1.54, 1.807) is 20.9 Å². The summed E-state index contributed by atoms with van der Waals surface area (Å²) in [5.41, 5.74) is -1.05. The number of esters is 1. The second-order valence-corrected chi connectivity index (χ2v) is 4.24. The average Bonchev–Trinajstić information content (AvgIpc) is 2.25. The van der Waals surface area contributed by atoms with Gasteiger partial charge in [0, 0.05) is 6.42 Å². The first kappa shape index (κ1) is 17.2. The predicted octanol–water partition coefficient (Wildman–Crippen LogP) is 1.89. The van der Waals surface area contributed by atoms with Gasteiger partial charge in [-0.15, -0.1) is 0 Å². The third kappa shape index (κ3) is 6.20. The van der Waals surface area contributed by atoms with Crippen molar-refractivity contribution in [2.24, 2.45) is 0 Å². The van der Waals surface area contributed by atoms with Crippen molar-refractivity contribution in [2.45, 2.75) is 45.0 Å². The highest BCUT2D eigenvalue weighted by molar-refractivity contribution is 5.80. The number of hydrogen-bond donors (Lipinski definition) is 1. The Morgan fingerprint density at radius 3 is 2.33 bits per heavy atom. The summed E-state index contributed by atoms with van der Waals surface area (Å²) < 4.78 is 45.5. The van der Waals surface area contributed by atoms with Crippen LogP contribution in [0.2, 0.25) is 0 Å². The predicted molar refractivity (Wildman–Crippen MR) is 60.2 cm³/mol. The van der Waals surface area contributed by atoms with Crippen molar-refractivity contribution in [3.05, 3.63) is 0 Å². The van der Waals surface area contributed by atoms with E-state index in [0.717, 1.165) is 0 Å². The van der Waals surface area contributed by atoms with Crippen molar-refractivity contribution >= 4 is 5.97 Å². The number of nitrogens with one attached hydrogen (secondary N) is 1. The molecule has 0 rings (SSSR count). The molecule has 0 aliphatic heterocycles. The zero-order valence-corrected chi connectivity index (χ0v) is 11.1. The lowest BCUT2D eigenvalue weighted by molar-refractivity contribution is -0.186. The van der Waals surface area contributed by atoms with Crippen molar-refractivity contribution < 1.29 is 27.4 Å². The second-order valence-electron chi connectivity index (χ2n) is 4.24. The molecule has 0 bridgehead atoms. The van der Waals surface area contributed by atoms with E-state index in [2.05, 4.69) is 10.1 Å². The summed E-state index contributed by atoms with van der Waals surface area (Å²) in [7, 11) is 1.55. The molecule has 0 saturated heterocycles. The standard InChI is InChI=1S/C11H20F3NO3/c1-5-17-9(16)10(3,15-4)6-8(2)18-7-11(12,13)14/h8,15H,5-7H2,1-4H3. The Hall–Kier alpha value is -0.820. The Labute approximate surface area is 105 Å². The first-order valence-corrected chi connectivity index (χ1v) is 5.69. The average molecular weight is 271 g/mol. The lowest BCUT2D eigenvalue weighted by atomic mass is 9.95. The molecule has 108 valence electrons. The molecule has 1 N–H and O–H groups in total. The number of ether oxygens (including phenoxy) is 2. The van der Waals surface area contributed by atoms with E-state index in [9.17, 15) is 18.0 Å². The van der Waals surface area contributed by atoms with Crippen LogP contribution in [0.25, 0.3) is 0 Å². The molecule has 0 fully saturated rings. The van der Waals surface area contributed by atoms with E-state index in [4.69, 9.17) is 4.74 Å². The number of carbonyl (C=O) groups is 1. The van der Waals surface area contributed by atoms with E-state index in [1.807, 2.05) is 0 Å². The first-order valence-electron chi connectivity index (χ1n) is 5.69. The van der Waals surface area contributed by atoms with E-state index in [-0.39, 0.29) is 13.0 Å². The Balaban J connectivity index is 4.39. The lowest BCUT2D eigenvalue weighted by Crippen LogP contribution is -2.51. The number of alkyl halides is 3. The van der Waals surface area contributed by atoms with Gasteiger partial charge < -0.3 is 14.8 Å². The molecule has 7 heteroatoms. The molecule has 0 amide bonds. The maximum absolute atomic E-state index is 12.0. The van der Waals surface area contributed by atoms with Gasteiger partial charge in [-0.3, -0.25) is 4.79 Å². The molecule has 0 radical (unpaired) electrons. The highest BCUT2D eigenvalue weighted by Gasteiger charge is 2.36. The quantitative estimate of drug-likeness (QED) is 0.718. The largest absolute Gasteiger partial charge is 0.465 e. The highest BCUT2D eigenvalue weighted by Crippen LogP contribution is 2.20. The molecule has 0 aliphatic rings. The molecule has 18 heavy (non-hydrogen) atoms. The first-order chi connectivity index (χ1) is 8.14. The van der Waals surface area contributed by atoms with Crippen LogP contribution >= 0.6 is 0 Å². The summed E-state index contributed by atoms with van der Waals surface area (Å²) in [5, 5.41) is 2.76. The minimum absolute atomic E-state index is 0.0956. The minimum Gasteiger partial charge on any atom is -0.465 e. The Bertz CT molecular complexity index is 271. The van der Waals surface area contributed by atoms with Crippen molar-refractivity contribution in [1.29, 1.82) is 0 Å². The molecule has 2 atom stereocenters. The normalized spacial score (nSPS) is 17.1. The molecular formula is C11H20F3NO3. The number of hydrogen-bond acceptors (Lipinski definition) is 4. The molecule has 0 aromatic heterocycles. The van der Waals surface area contributed by atoms with Crippen LogP contribution in [-0.2, 0) is 14.3 Å². The van der Waals surface area contributed by atoms with Crippen LogP contribution in [0.5, 0.6) is 0 Å². The monoisotopic (exact) mass is 271 g/mol. The summed E-state index contributed by atoms with van der Waals surface area (Å²) in [6.07, 6.45) is -4.99. The molecule has 0 heterocycles. The number of likely N-dealkylation sites (N-methyl/N-ethyl adjacent to an activating group) is 1. The van der Waals surface area contributed by atoms with Crippen LogP contribution in [0.1, 0.15) is 27.2 Å². The van der Waals surface area contributed by atoms with E-state index in [1.165, 1.54) is 6.92 Å². The Morgan fingerprint density at radius 2 is 1.94 bits per heavy atom. The molecule has 0 aromatic carbocycles. The summed E-state index contributed by atoms with van der Waals surface area (Å²) in [5.74, 6) is -0.505. The summed E-state index contributed by atoms with van der Waals surface area (Å²) in [6.45, 7) is 3.61. The molecule has 4 nitrogen and oxygen atoms in total. The topological polar surface area (TPSA) is 47.6 Å². The summed E-state index contributed by atoms with van der Waals surface area (Å²) in [6, 6.07) is 0. The van der Waals surface area contributed by atoms with Gasteiger partial charge in [0.05, 0.1) is 12.7 Å². The third-order valence-corrected chi connectivity index (χ3v) is 2.50. The molecule has 2 unspecified atom stereocenters. The number of carbonyl (C=O) groups excluding carboxylic acids is 1. The van der Waals surface area contributed by atoms with Crippen molar-refractivity contribution in [1.82, 2.24) is 5.32 Å². The van der Waals surface area contributed by atoms with Crippen LogP contribution in [0.3, 0.4) is 0 Å². The van der Waals surface area contributed by atoms with Gasteiger partial charge in [0.1, 0.15) is 12.1 Å². The maximum atomic E-state index is 12.0. The van der Waals surface area contributed by atoms with Crippen molar-refractivity contribution in [2.75, 3.05) is 20.3 Å². The fourth-order valence-corrected chi connectivity index (χ4v) is 1.45. The van der Waals surface area contributed by atoms with Gasteiger partial charge in [-0.1, -0.05) is 0 Å². The van der Waals surface area contributed by atoms with E-state index < -0.39 is 30.4 Å². The SMILES string of the molecule is CCOC(=O)C(C)(CC(C)OCC(F)(F)F)NC. The summed E-state index contributed by atoms with van der Waals surface area (Å²) in [4.78, 5) is 11.7. The van der Waals surface area contributed by atoms with Gasteiger partial charge in [-0.25, -0.2) is 0 Å². The minimum atomic E-state index is -4.37. The van der Waals surface area contributed by atoms with Gasteiger partial charge in [0.2, 0.25) is 0 Å². The van der Waals surface area contributed by atoms with Crippen LogP contribution in [0.4, 0.5) is 13.2 Å². The zero-order chi connectivity index (χ0) is 14.4. The van der Waals surface area contributed by atoms with Crippen LogP contribution in [0.15, 0.2) is 0 Å². The number of rotatable bonds is 7. The van der Waals surface area contributed by atoms with E-state index >= 15 is 0 Å². The smallest absolute Gasteiger partial charge is 0.411 e. The third-order valence-electron chi connectivity index (χ3n) is 2.50. The van der Waals surface area contributed by atoms with Crippen LogP contribution in [-0.4, -0.2) is 44.0 Å². The zero-order valence-electron chi connectivity index (χ0n) is 11.1. The fraction of sp³-hybridized carbons (Fsp3) is 0.909. The van der Waals surface area contributed by atoms with E-state index in [0.29, 0.717) is 0 Å². The number of halogens is 3. The fourth-order valence-electron chi connectivity index (χ4n) is 1.45. The highest BCUT2D eigenvalue weighted by atomic mass is 19.4. The maximum Gasteiger partial charge on any atom is 0.411 e. The summed E-state index contributed by atoms with van der Waals surface area (Å²) >= 11 is 0. The van der Waals surface area contributed by atoms with Gasteiger partial charge >= 0.3 is 12.1 Å². The Morgan fingerprint density at radius 1 is 1.39 bits per heavy atom. The molecular weight excluding hydrogens is 251 g/mol. The molecule has 0 spiro atoms. The Kier molecular flexibility index (Phi) is 6.62. The van der Waals surface area contributed by atoms with Crippen LogP contribution < -0.4 is 5.32 Å². The molecule has 0 aromatic rings. The lowest BCUT2D eigenvalue weighted by Gasteiger charge is -2.29. The van der Waals surface area contributed by atoms with Crippen molar-refractivity contribution in [3.8, 4) is 0 Å².